The second-order valence-electron chi connectivity index (χ2n) is 5.10. The maximum atomic E-state index is 14.0. The Morgan fingerprint density at radius 3 is 2.71 bits per heavy atom. The number of hydrogen-bond donors (Lipinski definition) is 1. The largest absolute Gasteiger partial charge is 0.327 e. The van der Waals surface area contributed by atoms with Crippen molar-refractivity contribution in [3.63, 3.8) is 0 Å². The smallest absolute Gasteiger partial charge is 0.146 e. The number of hydrogen-bond acceptors (Lipinski definition) is 3. The van der Waals surface area contributed by atoms with E-state index in [-0.39, 0.29) is 11.9 Å². The predicted octanol–water partition coefficient (Wildman–Crippen LogP) is 4.05. The molecule has 0 amide bonds. The highest BCUT2D eigenvalue weighted by Gasteiger charge is 2.17. The van der Waals surface area contributed by atoms with E-state index >= 15 is 0 Å². The van der Waals surface area contributed by atoms with E-state index in [0.717, 1.165) is 24.3 Å². The number of pyridine rings is 1. The molecule has 0 aliphatic rings. The van der Waals surface area contributed by atoms with Crippen LogP contribution in [0.4, 0.5) is 15.9 Å². The summed E-state index contributed by atoms with van der Waals surface area (Å²) >= 11 is 0. The molecular formula is C17H22FN3. The van der Waals surface area contributed by atoms with Crippen molar-refractivity contribution >= 4 is 11.5 Å². The fraction of sp³-hybridized carbons (Fsp3) is 0.353. The number of rotatable bonds is 6. The molecule has 2 aromatic rings. The first-order valence-corrected chi connectivity index (χ1v) is 7.31. The lowest BCUT2D eigenvalue weighted by Gasteiger charge is -2.24. The number of nitrogens with one attached hydrogen (secondary N) is 1. The second-order valence-corrected chi connectivity index (χ2v) is 5.10. The van der Waals surface area contributed by atoms with E-state index in [0.29, 0.717) is 5.69 Å². The SMILES string of the molecule is CCCNC(C)c1cccnc1N(C)c1ccccc1F. The molecule has 21 heavy (non-hydrogen) atoms. The fourth-order valence-electron chi connectivity index (χ4n) is 2.34. The molecular weight excluding hydrogens is 265 g/mol. The van der Waals surface area contributed by atoms with Crippen molar-refractivity contribution in [3.8, 4) is 0 Å². The molecule has 4 heteroatoms. The third kappa shape index (κ3) is 3.58. The maximum Gasteiger partial charge on any atom is 0.146 e. The zero-order valence-electron chi connectivity index (χ0n) is 12.8. The minimum Gasteiger partial charge on any atom is -0.327 e. The Labute approximate surface area is 125 Å². The minimum atomic E-state index is -0.245. The Morgan fingerprint density at radius 2 is 2.00 bits per heavy atom. The van der Waals surface area contributed by atoms with Gasteiger partial charge in [-0.15, -0.1) is 0 Å². The second kappa shape index (κ2) is 7.18. The lowest BCUT2D eigenvalue weighted by atomic mass is 10.1. The third-order valence-corrected chi connectivity index (χ3v) is 3.52. The van der Waals surface area contributed by atoms with Crippen molar-refractivity contribution in [3.05, 3.63) is 54.0 Å². The van der Waals surface area contributed by atoms with Crippen LogP contribution < -0.4 is 10.2 Å². The summed E-state index contributed by atoms with van der Waals surface area (Å²) in [6, 6.07) is 10.9. The first-order chi connectivity index (χ1) is 10.1. The van der Waals surface area contributed by atoms with Crippen LogP contribution in [0.3, 0.4) is 0 Å². The monoisotopic (exact) mass is 287 g/mol. The number of nitrogens with zero attached hydrogens (tertiary/aromatic N) is 2. The third-order valence-electron chi connectivity index (χ3n) is 3.52. The average molecular weight is 287 g/mol. The number of benzene rings is 1. The maximum absolute atomic E-state index is 14.0. The summed E-state index contributed by atoms with van der Waals surface area (Å²) in [5, 5.41) is 3.45. The van der Waals surface area contributed by atoms with Crippen LogP contribution in [0.2, 0.25) is 0 Å². The van der Waals surface area contributed by atoms with Crippen molar-refractivity contribution < 1.29 is 4.39 Å². The molecule has 112 valence electrons. The minimum absolute atomic E-state index is 0.169. The highest BCUT2D eigenvalue weighted by atomic mass is 19.1. The molecule has 0 spiro atoms. The van der Waals surface area contributed by atoms with Gasteiger partial charge in [0.05, 0.1) is 5.69 Å². The van der Waals surface area contributed by atoms with Crippen LogP contribution >= 0.6 is 0 Å². The van der Waals surface area contributed by atoms with E-state index in [1.807, 2.05) is 25.2 Å². The van der Waals surface area contributed by atoms with Gasteiger partial charge in [0, 0.05) is 24.8 Å². The molecule has 1 unspecified atom stereocenters. The van der Waals surface area contributed by atoms with Crippen molar-refractivity contribution in [1.29, 1.82) is 0 Å². The van der Waals surface area contributed by atoms with Crippen molar-refractivity contribution in [1.82, 2.24) is 10.3 Å². The van der Waals surface area contributed by atoms with Crippen LogP contribution in [-0.2, 0) is 0 Å². The lowest BCUT2D eigenvalue weighted by molar-refractivity contribution is 0.569. The highest BCUT2D eigenvalue weighted by Crippen LogP contribution is 2.30. The molecule has 1 N–H and O–H groups in total. The van der Waals surface area contributed by atoms with Gasteiger partial charge in [-0.1, -0.05) is 25.1 Å². The normalized spacial score (nSPS) is 12.2. The molecule has 3 nitrogen and oxygen atoms in total. The van der Waals surface area contributed by atoms with Gasteiger partial charge in [-0.3, -0.25) is 0 Å². The molecule has 0 saturated carbocycles. The van der Waals surface area contributed by atoms with Crippen LogP contribution in [0.15, 0.2) is 42.6 Å². The molecule has 0 saturated heterocycles. The van der Waals surface area contributed by atoms with Gasteiger partial charge < -0.3 is 10.2 Å². The first-order valence-electron chi connectivity index (χ1n) is 7.31. The number of aromatic nitrogens is 1. The van der Waals surface area contributed by atoms with Gasteiger partial charge in [-0.25, -0.2) is 9.37 Å². The van der Waals surface area contributed by atoms with E-state index in [2.05, 4.69) is 24.1 Å². The number of halogens is 1. The van der Waals surface area contributed by atoms with Crippen LogP contribution in [0.5, 0.6) is 0 Å². The Bertz CT molecular complexity index is 586. The Kier molecular flexibility index (Phi) is 5.28. The topological polar surface area (TPSA) is 28.2 Å². The first kappa shape index (κ1) is 15.4. The number of para-hydroxylation sites is 1. The summed E-state index contributed by atoms with van der Waals surface area (Å²) < 4.78 is 14.0. The van der Waals surface area contributed by atoms with E-state index in [4.69, 9.17) is 0 Å². The molecule has 0 fully saturated rings. The van der Waals surface area contributed by atoms with Gasteiger partial charge >= 0.3 is 0 Å². The molecule has 1 aromatic carbocycles. The van der Waals surface area contributed by atoms with Crippen molar-refractivity contribution in [2.75, 3.05) is 18.5 Å². The Morgan fingerprint density at radius 1 is 1.24 bits per heavy atom. The van der Waals surface area contributed by atoms with Gasteiger partial charge in [0.1, 0.15) is 11.6 Å². The molecule has 2 rings (SSSR count). The molecule has 0 aliphatic heterocycles. The van der Waals surface area contributed by atoms with Crippen molar-refractivity contribution in [2.45, 2.75) is 26.3 Å². The van der Waals surface area contributed by atoms with E-state index in [1.165, 1.54) is 6.07 Å². The molecule has 0 bridgehead atoms. The average Bonchev–Trinajstić information content (AvgIpc) is 2.52. The summed E-state index contributed by atoms with van der Waals surface area (Å²) in [6.45, 7) is 5.18. The molecule has 0 aliphatic carbocycles. The summed E-state index contributed by atoms with van der Waals surface area (Å²) in [6.07, 6.45) is 2.81. The number of anilines is 2. The summed E-state index contributed by atoms with van der Waals surface area (Å²) in [5.74, 6) is 0.532. The van der Waals surface area contributed by atoms with Gasteiger partial charge in [0.15, 0.2) is 0 Å². The fourth-order valence-corrected chi connectivity index (χ4v) is 2.34. The van der Waals surface area contributed by atoms with Crippen LogP contribution in [-0.4, -0.2) is 18.6 Å². The van der Waals surface area contributed by atoms with Crippen molar-refractivity contribution in [2.24, 2.45) is 0 Å². The van der Waals surface area contributed by atoms with Gasteiger partial charge in [0.25, 0.3) is 0 Å². The van der Waals surface area contributed by atoms with Crippen LogP contribution in [0, 0.1) is 5.82 Å². The summed E-state index contributed by atoms with van der Waals surface area (Å²) in [5.41, 5.74) is 1.59. The highest BCUT2D eigenvalue weighted by molar-refractivity contribution is 5.63. The molecule has 1 atom stereocenters. The molecule has 0 radical (unpaired) electrons. The van der Waals surface area contributed by atoms with E-state index in [9.17, 15) is 4.39 Å². The van der Waals surface area contributed by atoms with E-state index in [1.54, 1.807) is 23.2 Å². The van der Waals surface area contributed by atoms with Gasteiger partial charge in [0.2, 0.25) is 0 Å². The summed E-state index contributed by atoms with van der Waals surface area (Å²) in [7, 11) is 1.84. The molecule has 1 heterocycles. The standard InChI is InChI=1S/C17H22FN3/c1-4-11-19-13(2)14-8-7-12-20-17(14)21(3)16-10-6-5-9-15(16)18/h5-10,12-13,19H,4,11H2,1-3H3. The Balaban J connectivity index is 2.33. The zero-order chi connectivity index (χ0) is 15.2. The Hall–Kier alpha value is -1.94. The van der Waals surface area contributed by atoms with Gasteiger partial charge in [-0.2, -0.15) is 0 Å². The summed E-state index contributed by atoms with van der Waals surface area (Å²) in [4.78, 5) is 6.24. The lowest BCUT2D eigenvalue weighted by Crippen LogP contribution is -2.23. The van der Waals surface area contributed by atoms with Gasteiger partial charge in [-0.05, 0) is 38.1 Å². The van der Waals surface area contributed by atoms with E-state index < -0.39 is 0 Å². The van der Waals surface area contributed by atoms with Crippen LogP contribution in [0.1, 0.15) is 31.9 Å². The zero-order valence-corrected chi connectivity index (χ0v) is 12.8. The van der Waals surface area contributed by atoms with Crippen LogP contribution in [0.25, 0.3) is 0 Å². The quantitative estimate of drug-likeness (QED) is 0.868. The predicted molar refractivity (Wildman–Crippen MR) is 85.4 cm³/mol. The molecule has 1 aromatic heterocycles.